The van der Waals surface area contributed by atoms with Crippen molar-refractivity contribution in [3.05, 3.63) is 24.3 Å². The maximum atomic E-state index is 9.51. The lowest BCUT2D eigenvalue weighted by Crippen LogP contribution is -2.30. The molecule has 0 spiro atoms. The lowest BCUT2D eigenvalue weighted by atomic mass is 9.86. The number of fused-ring (bicyclic) bond motifs is 1. The largest absolute Gasteiger partial charge is 0.509 e. The van der Waals surface area contributed by atoms with Crippen molar-refractivity contribution in [1.29, 1.82) is 0 Å². The molecule has 0 radical (unpaired) electrons. The van der Waals surface area contributed by atoms with Crippen LogP contribution in [0.15, 0.2) is 24.3 Å². The highest BCUT2D eigenvalue weighted by Gasteiger charge is 2.20. The Hall–Kier alpha value is -1.46. The number of rotatable bonds is 1. The summed E-state index contributed by atoms with van der Waals surface area (Å²) in [5.74, 6) is -0.106. The summed E-state index contributed by atoms with van der Waals surface area (Å²) in [5.41, 5.74) is 0.712. The van der Waals surface area contributed by atoms with Gasteiger partial charge in [-0.25, -0.2) is 0 Å². The number of aromatic hydroxyl groups is 1. The van der Waals surface area contributed by atoms with E-state index in [9.17, 15) is 5.11 Å². The molecule has 1 aromatic heterocycles. The fourth-order valence-corrected chi connectivity index (χ4v) is 1.33. The first-order valence-corrected chi connectivity index (χ1v) is 3.86. The van der Waals surface area contributed by atoms with Crippen molar-refractivity contribution in [2.45, 2.75) is 0 Å². The molecule has 0 saturated carbocycles. The summed E-state index contributed by atoms with van der Waals surface area (Å²) < 4.78 is 0. The highest BCUT2D eigenvalue weighted by atomic mass is 16.4. The average molecular weight is 177 g/mol. The zero-order valence-electron chi connectivity index (χ0n) is 6.73. The van der Waals surface area contributed by atoms with Crippen LogP contribution < -0.4 is 5.59 Å². The van der Waals surface area contributed by atoms with E-state index in [1.165, 1.54) is 0 Å². The van der Waals surface area contributed by atoms with Gasteiger partial charge in [-0.2, -0.15) is 0 Å². The standard InChI is InChI=1S/C8H8BNO3/c11-7-5-3-1-2-4-6(5)10-8(7)9(12)13/h1-4,10-13H. The van der Waals surface area contributed by atoms with Crippen LogP contribution in [0.4, 0.5) is 0 Å². The molecule has 0 atom stereocenters. The Bertz CT molecular complexity index is 438. The van der Waals surface area contributed by atoms with Crippen molar-refractivity contribution >= 4 is 23.6 Å². The maximum Gasteiger partial charge on any atom is 0.509 e. The number of hydrogen-bond acceptors (Lipinski definition) is 3. The molecule has 1 aromatic carbocycles. The van der Waals surface area contributed by atoms with Gasteiger partial charge in [-0.3, -0.25) is 0 Å². The van der Waals surface area contributed by atoms with Gasteiger partial charge < -0.3 is 20.1 Å². The summed E-state index contributed by atoms with van der Waals surface area (Å²) in [6.45, 7) is 0. The van der Waals surface area contributed by atoms with E-state index in [1.54, 1.807) is 24.3 Å². The lowest BCUT2D eigenvalue weighted by Gasteiger charge is -1.93. The summed E-state index contributed by atoms with van der Waals surface area (Å²) in [5, 5.41) is 27.8. The topological polar surface area (TPSA) is 76.5 Å². The molecule has 2 rings (SSSR count). The molecule has 0 fully saturated rings. The molecule has 2 aromatic rings. The molecule has 5 heteroatoms. The third-order valence-electron chi connectivity index (χ3n) is 1.96. The number of aromatic amines is 1. The summed E-state index contributed by atoms with van der Waals surface area (Å²) in [7, 11) is -1.67. The summed E-state index contributed by atoms with van der Waals surface area (Å²) in [6, 6.07) is 7.02. The zero-order chi connectivity index (χ0) is 9.42. The second-order valence-corrected chi connectivity index (χ2v) is 2.81. The molecule has 0 bridgehead atoms. The molecule has 0 saturated heterocycles. The van der Waals surface area contributed by atoms with E-state index in [-0.39, 0.29) is 11.3 Å². The molecule has 1 heterocycles. The smallest absolute Gasteiger partial charge is 0.506 e. The quantitative estimate of drug-likeness (QED) is 0.445. The predicted molar refractivity (Wildman–Crippen MR) is 49.8 cm³/mol. The van der Waals surface area contributed by atoms with Crippen LogP contribution in [-0.2, 0) is 0 Å². The Morgan fingerprint density at radius 3 is 2.46 bits per heavy atom. The monoisotopic (exact) mass is 177 g/mol. The van der Waals surface area contributed by atoms with Gasteiger partial charge in [0.1, 0.15) is 5.75 Å². The minimum atomic E-state index is -1.67. The predicted octanol–water partition coefficient (Wildman–Crippen LogP) is -0.447. The van der Waals surface area contributed by atoms with E-state index in [0.717, 1.165) is 0 Å². The van der Waals surface area contributed by atoms with Gasteiger partial charge in [0.2, 0.25) is 0 Å². The van der Waals surface area contributed by atoms with Gasteiger partial charge in [-0.15, -0.1) is 0 Å². The lowest BCUT2D eigenvalue weighted by molar-refractivity contribution is 0.419. The number of benzene rings is 1. The Morgan fingerprint density at radius 2 is 1.85 bits per heavy atom. The second-order valence-electron chi connectivity index (χ2n) is 2.81. The average Bonchev–Trinajstić information content (AvgIpc) is 2.45. The first kappa shape index (κ1) is 8.16. The first-order chi connectivity index (χ1) is 6.20. The molecule has 13 heavy (non-hydrogen) atoms. The van der Waals surface area contributed by atoms with Crippen LogP contribution in [0.25, 0.3) is 10.9 Å². The van der Waals surface area contributed by atoms with E-state index < -0.39 is 7.12 Å². The number of H-pyrrole nitrogens is 1. The molecular formula is C8H8BNO3. The Labute approximate surface area is 74.6 Å². The van der Waals surface area contributed by atoms with Gasteiger partial charge >= 0.3 is 7.12 Å². The Morgan fingerprint density at radius 1 is 1.15 bits per heavy atom. The van der Waals surface area contributed by atoms with E-state index in [1.807, 2.05) is 0 Å². The van der Waals surface area contributed by atoms with Crippen LogP contribution in [0.5, 0.6) is 5.75 Å². The minimum Gasteiger partial charge on any atom is -0.506 e. The van der Waals surface area contributed by atoms with E-state index in [0.29, 0.717) is 10.9 Å². The van der Waals surface area contributed by atoms with Crippen LogP contribution in [0.1, 0.15) is 0 Å². The van der Waals surface area contributed by atoms with Crippen LogP contribution >= 0.6 is 0 Å². The highest BCUT2D eigenvalue weighted by Crippen LogP contribution is 2.21. The first-order valence-electron chi connectivity index (χ1n) is 3.86. The van der Waals surface area contributed by atoms with Crippen LogP contribution in [0.2, 0.25) is 0 Å². The minimum absolute atomic E-state index is 0.0289. The zero-order valence-corrected chi connectivity index (χ0v) is 6.73. The van der Waals surface area contributed by atoms with Gasteiger partial charge in [0.15, 0.2) is 0 Å². The molecule has 4 N–H and O–H groups in total. The fourth-order valence-electron chi connectivity index (χ4n) is 1.33. The van der Waals surface area contributed by atoms with Gasteiger partial charge in [0, 0.05) is 10.9 Å². The number of para-hydroxylation sites is 1. The van der Waals surface area contributed by atoms with Crippen molar-refractivity contribution < 1.29 is 15.2 Å². The fraction of sp³-hybridized carbons (Fsp3) is 0. The molecule has 66 valence electrons. The van der Waals surface area contributed by atoms with Crippen LogP contribution in [-0.4, -0.2) is 27.3 Å². The van der Waals surface area contributed by atoms with Crippen molar-refractivity contribution in [2.75, 3.05) is 0 Å². The third kappa shape index (κ3) is 1.18. The second kappa shape index (κ2) is 2.79. The summed E-state index contributed by atoms with van der Waals surface area (Å²) >= 11 is 0. The van der Waals surface area contributed by atoms with Gasteiger partial charge in [0.05, 0.1) is 5.59 Å². The van der Waals surface area contributed by atoms with Crippen molar-refractivity contribution in [3.8, 4) is 5.75 Å². The number of nitrogens with one attached hydrogen (secondary N) is 1. The van der Waals surface area contributed by atoms with E-state index in [2.05, 4.69) is 4.98 Å². The number of hydrogen-bond donors (Lipinski definition) is 4. The Kier molecular flexibility index (Phi) is 1.75. The molecule has 0 aliphatic carbocycles. The molecular weight excluding hydrogens is 169 g/mol. The van der Waals surface area contributed by atoms with Crippen molar-refractivity contribution in [3.63, 3.8) is 0 Å². The summed E-state index contributed by atoms with van der Waals surface area (Å²) in [4.78, 5) is 2.71. The van der Waals surface area contributed by atoms with Gasteiger partial charge in [0.25, 0.3) is 0 Å². The van der Waals surface area contributed by atoms with Gasteiger partial charge in [-0.1, -0.05) is 12.1 Å². The van der Waals surface area contributed by atoms with Crippen molar-refractivity contribution in [2.24, 2.45) is 0 Å². The van der Waals surface area contributed by atoms with E-state index in [4.69, 9.17) is 10.0 Å². The molecule has 0 aliphatic rings. The normalized spacial score (nSPS) is 10.6. The number of aromatic nitrogens is 1. The maximum absolute atomic E-state index is 9.51. The third-order valence-corrected chi connectivity index (χ3v) is 1.96. The Balaban J connectivity index is 2.74. The molecule has 0 unspecified atom stereocenters. The SMILES string of the molecule is OB(O)c1[nH]c2ccccc2c1O. The van der Waals surface area contributed by atoms with Crippen LogP contribution in [0.3, 0.4) is 0 Å². The molecule has 0 amide bonds. The van der Waals surface area contributed by atoms with Crippen molar-refractivity contribution in [1.82, 2.24) is 4.98 Å². The molecule has 4 nitrogen and oxygen atoms in total. The highest BCUT2D eigenvalue weighted by molar-refractivity contribution is 6.59. The molecule has 0 aliphatic heterocycles. The summed E-state index contributed by atoms with van der Waals surface area (Å²) in [6.07, 6.45) is 0. The van der Waals surface area contributed by atoms with E-state index >= 15 is 0 Å². The van der Waals surface area contributed by atoms with Crippen LogP contribution in [0, 0.1) is 0 Å². The van der Waals surface area contributed by atoms with Gasteiger partial charge in [-0.05, 0) is 12.1 Å².